The van der Waals surface area contributed by atoms with Crippen molar-refractivity contribution in [3.8, 4) is 0 Å². The Morgan fingerprint density at radius 3 is 2.48 bits per heavy atom. The molecule has 0 atom stereocenters. The maximum absolute atomic E-state index is 12.2. The van der Waals surface area contributed by atoms with Gasteiger partial charge in [0.05, 0.1) is 16.9 Å². The second-order valence-electron chi connectivity index (χ2n) is 6.69. The minimum absolute atomic E-state index is 0.123. The van der Waals surface area contributed by atoms with E-state index in [0.717, 1.165) is 22.8 Å². The molecule has 0 aliphatic heterocycles. The predicted octanol–water partition coefficient (Wildman–Crippen LogP) is 0.801. The van der Waals surface area contributed by atoms with Crippen LogP contribution in [0.4, 0.5) is 0 Å². The van der Waals surface area contributed by atoms with Gasteiger partial charge < -0.3 is 5.32 Å². The monoisotopic (exact) mass is 390 g/mol. The van der Waals surface area contributed by atoms with Crippen LogP contribution in [-0.4, -0.2) is 48.8 Å². The molecule has 2 aromatic rings. The Morgan fingerprint density at radius 2 is 1.93 bits per heavy atom. The van der Waals surface area contributed by atoms with Crippen LogP contribution in [0.5, 0.6) is 0 Å². The molecule has 0 spiro atoms. The first kappa shape index (κ1) is 19.2. The van der Waals surface area contributed by atoms with E-state index >= 15 is 0 Å². The standard InChI is InChI=1S/C18H22N4O4S/c1-21(2)27(25,26)15-7-5-14(6-8-15)18(24)19-9-10-22-12-20-16(11-17(22)23)13-3-4-13/h5-8,11-13H,3-4,9-10H2,1-2H3,(H,19,24). The van der Waals surface area contributed by atoms with Crippen molar-refractivity contribution in [1.82, 2.24) is 19.2 Å². The van der Waals surface area contributed by atoms with Crippen molar-refractivity contribution in [2.45, 2.75) is 30.2 Å². The van der Waals surface area contributed by atoms with E-state index in [4.69, 9.17) is 0 Å². The largest absolute Gasteiger partial charge is 0.350 e. The van der Waals surface area contributed by atoms with Gasteiger partial charge in [-0.3, -0.25) is 14.2 Å². The van der Waals surface area contributed by atoms with Crippen molar-refractivity contribution in [2.24, 2.45) is 0 Å². The molecule has 1 N–H and O–H groups in total. The van der Waals surface area contributed by atoms with Crippen LogP contribution in [-0.2, 0) is 16.6 Å². The van der Waals surface area contributed by atoms with Gasteiger partial charge in [-0.15, -0.1) is 0 Å². The Kier molecular flexibility index (Phi) is 5.43. The molecule has 27 heavy (non-hydrogen) atoms. The summed E-state index contributed by atoms with van der Waals surface area (Å²) >= 11 is 0. The molecule has 1 aromatic heterocycles. The molecule has 0 radical (unpaired) electrons. The highest BCUT2D eigenvalue weighted by Crippen LogP contribution is 2.38. The zero-order valence-corrected chi connectivity index (χ0v) is 16.1. The van der Waals surface area contributed by atoms with E-state index in [9.17, 15) is 18.0 Å². The van der Waals surface area contributed by atoms with Crippen molar-refractivity contribution in [3.05, 3.63) is 58.3 Å². The molecule has 0 bridgehead atoms. The molecule has 1 fully saturated rings. The van der Waals surface area contributed by atoms with E-state index in [1.807, 2.05) is 0 Å². The summed E-state index contributed by atoms with van der Waals surface area (Å²) in [6, 6.07) is 7.28. The second kappa shape index (κ2) is 7.61. The minimum atomic E-state index is -3.53. The number of hydrogen-bond acceptors (Lipinski definition) is 5. The van der Waals surface area contributed by atoms with Crippen LogP contribution in [0.2, 0.25) is 0 Å². The number of benzene rings is 1. The summed E-state index contributed by atoms with van der Waals surface area (Å²) < 4.78 is 26.6. The number of sulfonamides is 1. The van der Waals surface area contributed by atoms with Crippen molar-refractivity contribution < 1.29 is 13.2 Å². The Hall–Kier alpha value is -2.52. The third-order valence-corrected chi connectivity index (χ3v) is 6.26. The molecule has 1 saturated carbocycles. The number of rotatable bonds is 7. The highest BCUT2D eigenvalue weighted by atomic mass is 32.2. The van der Waals surface area contributed by atoms with Crippen LogP contribution in [0, 0.1) is 0 Å². The lowest BCUT2D eigenvalue weighted by atomic mass is 10.2. The number of amides is 1. The molecule has 1 aromatic carbocycles. The summed E-state index contributed by atoms with van der Waals surface area (Å²) in [4.78, 5) is 28.7. The number of carbonyl (C=O) groups is 1. The van der Waals surface area contributed by atoms with Crippen LogP contribution < -0.4 is 10.9 Å². The third-order valence-electron chi connectivity index (χ3n) is 4.43. The Balaban J connectivity index is 1.57. The second-order valence-corrected chi connectivity index (χ2v) is 8.84. The van der Waals surface area contributed by atoms with E-state index in [1.165, 1.54) is 49.3 Å². The summed E-state index contributed by atoms with van der Waals surface area (Å²) in [6.45, 7) is 0.580. The Labute approximate surface area is 157 Å². The molecule has 1 aliphatic carbocycles. The summed E-state index contributed by atoms with van der Waals surface area (Å²) in [7, 11) is -0.629. The van der Waals surface area contributed by atoms with Gasteiger partial charge in [0, 0.05) is 44.7 Å². The Bertz CT molecular complexity index is 993. The predicted molar refractivity (Wildman–Crippen MR) is 100 cm³/mol. The van der Waals surface area contributed by atoms with E-state index < -0.39 is 10.0 Å². The van der Waals surface area contributed by atoms with Gasteiger partial charge >= 0.3 is 0 Å². The zero-order valence-electron chi connectivity index (χ0n) is 15.3. The fourth-order valence-electron chi connectivity index (χ4n) is 2.59. The van der Waals surface area contributed by atoms with Crippen LogP contribution in [0.25, 0.3) is 0 Å². The molecule has 1 aliphatic rings. The summed E-state index contributed by atoms with van der Waals surface area (Å²) in [5, 5.41) is 2.72. The van der Waals surface area contributed by atoms with Crippen LogP contribution in [0.15, 0.2) is 46.3 Å². The van der Waals surface area contributed by atoms with Crippen LogP contribution in [0.3, 0.4) is 0 Å². The normalized spacial score (nSPS) is 14.3. The first-order valence-electron chi connectivity index (χ1n) is 8.66. The van der Waals surface area contributed by atoms with Gasteiger partial charge in [-0.25, -0.2) is 17.7 Å². The van der Waals surface area contributed by atoms with Crippen molar-refractivity contribution in [2.75, 3.05) is 20.6 Å². The number of nitrogens with zero attached hydrogens (tertiary/aromatic N) is 3. The molecule has 8 nitrogen and oxygen atoms in total. The van der Waals surface area contributed by atoms with Gasteiger partial charge in [-0.2, -0.15) is 0 Å². The first-order chi connectivity index (χ1) is 12.8. The SMILES string of the molecule is CN(C)S(=O)(=O)c1ccc(C(=O)NCCn2cnc(C3CC3)cc2=O)cc1. The smallest absolute Gasteiger partial charge is 0.253 e. The number of nitrogens with one attached hydrogen (secondary N) is 1. The molecule has 1 amide bonds. The molecule has 0 unspecified atom stereocenters. The zero-order chi connectivity index (χ0) is 19.6. The molecule has 0 saturated heterocycles. The van der Waals surface area contributed by atoms with Gasteiger partial charge in [0.15, 0.2) is 0 Å². The van der Waals surface area contributed by atoms with Crippen molar-refractivity contribution in [3.63, 3.8) is 0 Å². The summed E-state index contributed by atoms with van der Waals surface area (Å²) in [5.74, 6) is 0.0887. The van der Waals surface area contributed by atoms with Crippen molar-refractivity contribution in [1.29, 1.82) is 0 Å². The quantitative estimate of drug-likeness (QED) is 0.754. The number of aromatic nitrogens is 2. The minimum Gasteiger partial charge on any atom is -0.350 e. The first-order valence-corrected chi connectivity index (χ1v) is 10.1. The molecule has 9 heteroatoms. The van der Waals surface area contributed by atoms with Crippen LogP contribution in [0.1, 0.15) is 34.8 Å². The lowest BCUT2D eigenvalue weighted by molar-refractivity contribution is 0.0952. The topological polar surface area (TPSA) is 101 Å². The summed E-state index contributed by atoms with van der Waals surface area (Å²) in [6.07, 6.45) is 3.69. The highest BCUT2D eigenvalue weighted by molar-refractivity contribution is 7.89. The Morgan fingerprint density at radius 1 is 1.26 bits per heavy atom. The van der Waals surface area contributed by atoms with Crippen LogP contribution >= 0.6 is 0 Å². The molecule has 3 rings (SSSR count). The number of carbonyl (C=O) groups excluding carboxylic acids is 1. The van der Waals surface area contributed by atoms with E-state index in [-0.39, 0.29) is 22.9 Å². The third kappa shape index (κ3) is 4.42. The van der Waals surface area contributed by atoms with E-state index in [1.54, 1.807) is 6.07 Å². The lowest BCUT2D eigenvalue weighted by Crippen LogP contribution is -2.31. The molecular formula is C18H22N4O4S. The maximum Gasteiger partial charge on any atom is 0.253 e. The summed E-state index contributed by atoms with van der Waals surface area (Å²) in [5.41, 5.74) is 1.06. The van der Waals surface area contributed by atoms with Gasteiger partial charge in [-0.1, -0.05) is 0 Å². The molecular weight excluding hydrogens is 368 g/mol. The van der Waals surface area contributed by atoms with Gasteiger partial charge in [-0.05, 0) is 37.1 Å². The molecule has 144 valence electrons. The highest BCUT2D eigenvalue weighted by Gasteiger charge is 2.25. The maximum atomic E-state index is 12.2. The average Bonchev–Trinajstić information content (AvgIpc) is 3.48. The van der Waals surface area contributed by atoms with Gasteiger partial charge in [0.2, 0.25) is 10.0 Å². The van der Waals surface area contributed by atoms with E-state index in [2.05, 4.69) is 10.3 Å². The van der Waals surface area contributed by atoms with Crippen molar-refractivity contribution >= 4 is 15.9 Å². The average molecular weight is 390 g/mol. The lowest BCUT2D eigenvalue weighted by Gasteiger charge is -2.12. The van der Waals surface area contributed by atoms with Gasteiger partial charge in [0.25, 0.3) is 11.5 Å². The fourth-order valence-corrected chi connectivity index (χ4v) is 3.49. The number of hydrogen-bond donors (Lipinski definition) is 1. The molecule has 1 heterocycles. The fraction of sp³-hybridized carbons (Fsp3) is 0.389. The van der Waals surface area contributed by atoms with E-state index in [0.29, 0.717) is 18.0 Å². The van der Waals surface area contributed by atoms with Gasteiger partial charge in [0.1, 0.15) is 0 Å².